The quantitative estimate of drug-likeness (QED) is 0.390. The van der Waals surface area contributed by atoms with Gasteiger partial charge in [0.2, 0.25) is 0 Å². The third kappa shape index (κ3) is 6.77. The Hall–Kier alpha value is -3.14. The van der Waals surface area contributed by atoms with Crippen LogP contribution in [-0.4, -0.2) is 59.8 Å². The van der Waals surface area contributed by atoms with E-state index in [1.807, 2.05) is 48.5 Å². The molecule has 2 saturated heterocycles. The summed E-state index contributed by atoms with van der Waals surface area (Å²) in [5, 5.41) is 12.5. The van der Waals surface area contributed by atoms with E-state index < -0.39 is 6.29 Å². The van der Waals surface area contributed by atoms with E-state index >= 15 is 0 Å². The lowest BCUT2D eigenvalue weighted by Crippen LogP contribution is -2.46. The number of nitrogens with zero attached hydrogens (tertiary/aromatic N) is 2. The number of hydrogen-bond donors (Lipinski definition) is 2. The highest BCUT2D eigenvalue weighted by molar-refractivity contribution is 5.93. The van der Waals surface area contributed by atoms with Crippen LogP contribution in [0.5, 0.6) is 0 Å². The first-order valence-electron chi connectivity index (χ1n) is 14.1. The van der Waals surface area contributed by atoms with Crippen molar-refractivity contribution >= 4 is 5.91 Å². The molecule has 1 aromatic heterocycles. The largest absolute Gasteiger partial charge is 0.392 e. The number of benzene rings is 2. The average molecular weight is 546 g/mol. The molecule has 3 aromatic rings. The predicted octanol–water partition coefficient (Wildman–Crippen LogP) is 4.41. The maximum absolute atomic E-state index is 12.4. The number of rotatable bonds is 10. The molecular formula is C32H39N3O5. The highest BCUT2D eigenvalue weighted by atomic mass is 16.7. The van der Waals surface area contributed by atoms with Crippen LogP contribution in [0.1, 0.15) is 64.8 Å². The zero-order valence-corrected chi connectivity index (χ0v) is 23.2. The maximum Gasteiger partial charge on any atom is 0.253 e. The summed E-state index contributed by atoms with van der Waals surface area (Å²) < 4.78 is 18.7. The van der Waals surface area contributed by atoms with Crippen molar-refractivity contribution in [3.05, 3.63) is 101 Å². The summed E-state index contributed by atoms with van der Waals surface area (Å²) in [6.07, 6.45) is 4.80. The van der Waals surface area contributed by atoms with E-state index in [1.165, 1.54) is 6.42 Å². The Balaban J connectivity index is 1.31. The van der Waals surface area contributed by atoms with Crippen LogP contribution >= 0.6 is 0 Å². The molecule has 0 bridgehead atoms. The van der Waals surface area contributed by atoms with Crippen LogP contribution in [0.25, 0.3) is 0 Å². The Morgan fingerprint density at radius 3 is 2.52 bits per heavy atom. The van der Waals surface area contributed by atoms with Gasteiger partial charge in [0.1, 0.15) is 0 Å². The fourth-order valence-corrected chi connectivity index (χ4v) is 5.65. The summed E-state index contributed by atoms with van der Waals surface area (Å²) in [4.78, 5) is 18.9. The van der Waals surface area contributed by atoms with Crippen molar-refractivity contribution in [2.75, 3.05) is 26.8 Å². The molecule has 5 atom stereocenters. The van der Waals surface area contributed by atoms with Crippen molar-refractivity contribution in [2.24, 2.45) is 5.92 Å². The van der Waals surface area contributed by atoms with E-state index in [2.05, 4.69) is 22.1 Å². The van der Waals surface area contributed by atoms with Crippen LogP contribution in [0.3, 0.4) is 0 Å². The van der Waals surface area contributed by atoms with Gasteiger partial charge in [-0.3, -0.25) is 14.7 Å². The van der Waals surface area contributed by atoms with Crippen LogP contribution in [0.2, 0.25) is 0 Å². The first kappa shape index (κ1) is 28.4. The monoisotopic (exact) mass is 545 g/mol. The molecule has 5 rings (SSSR count). The van der Waals surface area contributed by atoms with Crippen LogP contribution in [0.4, 0.5) is 0 Å². The van der Waals surface area contributed by atoms with E-state index in [-0.39, 0.29) is 30.6 Å². The smallest absolute Gasteiger partial charge is 0.253 e. The summed E-state index contributed by atoms with van der Waals surface area (Å²) in [6.45, 7) is 5.21. The van der Waals surface area contributed by atoms with Gasteiger partial charge in [-0.2, -0.15) is 0 Å². The molecule has 2 fully saturated rings. The number of likely N-dealkylation sites (tertiary alicyclic amines) is 1. The zero-order valence-electron chi connectivity index (χ0n) is 23.2. The van der Waals surface area contributed by atoms with E-state index in [0.717, 1.165) is 48.4 Å². The van der Waals surface area contributed by atoms with E-state index in [4.69, 9.17) is 14.2 Å². The first-order chi connectivity index (χ1) is 19.6. The van der Waals surface area contributed by atoms with Gasteiger partial charge in [0.25, 0.3) is 5.91 Å². The molecule has 2 aromatic carbocycles. The lowest BCUT2D eigenvalue weighted by Gasteiger charge is -2.43. The maximum atomic E-state index is 12.4. The second kappa shape index (κ2) is 13.5. The molecule has 40 heavy (non-hydrogen) atoms. The SMILES string of the molecule is COC[C@@H]1CCCN1C[C@@H]1O[C@H](c2ccc(CNC(=O)c3cccnc3)cc2)O[C@H](c2ccc(CO)cc2)[C@@H]1C. The molecule has 2 aliphatic rings. The van der Waals surface area contributed by atoms with Gasteiger partial charge in [0.05, 0.1) is 31.0 Å². The number of carbonyl (C=O) groups excluding carboxylic acids is 1. The minimum absolute atomic E-state index is 0.0145. The van der Waals surface area contributed by atoms with Crippen molar-refractivity contribution in [1.29, 1.82) is 0 Å². The highest BCUT2D eigenvalue weighted by Crippen LogP contribution is 2.42. The van der Waals surface area contributed by atoms with Gasteiger partial charge in [-0.25, -0.2) is 0 Å². The fraction of sp³-hybridized carbons (Fsp3) is 0.438. The van der Waals surface area contributed by atoms with Crippen molar-refractivity contribution in [1.82, 2.24) is 15.2 Å². The van der Waals surface area contributed by atoms with Gasteiger partial charge in [-0.1, -0.05) is 55.5 Å². The number of aliphatic hydroxyl groups excluding tert-OH is 1. The van der Waals surface area contributed by atoms with Gasteiger partial charge < -0.3 is 24.6 Å². The van der Waals surface area contributed by atoms with Gasteiger partial charge in [0.15, 0.2) is 6.29 Å². The third-order valence-corrected chi connectivity index (χ3v) is 8.02. The van der Waals surface area contributed by atoms with Crippen molar-refractivity contribution in [3.8, 4) is 0 Å². The summed E-state index contributed by atoms with van der Waals surface area (Å²) >= 11 is 0. The van der Waals surface area contributed by atoms with E-state index in [0.29, 0.717) is 18.2 Å². The average Bonchev–Trinajstić information content (AvgIpc) is 3.44. The standard InChI is InChI=1S/C32H39N3O5/c1-22-29(19-35-16-4-6-28(35)21-38-2)39-32(40-30(22)25-11-9-24(20-36)10-12-25)26-13-7-23(8-14-26)17-34-31(37)27-5-3-15-33-18-27/h3,5,7-15,18,22,28-30,32,36H,4,6,16-17,19-21H2,1-2H3,(H,34,37)/t22-,28+,29+,30+,32+/m1/s1. The Kier molecular flexibility index (Phi) is 9.57. The number of aromatic nitrogens is 1. The molecule has 8 heteroatoms. The molecule has 1 amide bonds. The minimum atomic E-state index is -0.522. The molecular weight excluding hydrogens is 506 g/mol. The predicted molar refractivity (Wildman–Crippen MR) is 151 cm³/mol. The van der Waals surface area contributed by atoms with Gasteiger partial charge in [-0.15, -0.1) is 0 Å². The molecule has 2 aliphatic heterocycles. The number of hydrogen-bond acceptors (Lipinski definition) is 7. The van der Waals surface area contributed by atoms with Gasteiger partial charge >= 0.3 is 0 Å². The third-order valence-electron chi connectivity index (χ3n) is 8.02. The first-order valence-corrected chi connectivity index (χ1v) is 14.1. The topological polar surface area (TPSA) is 93.2 Å². The van der Waals surface area contributed by atoms with Crippen LogP contribution in [0, 0.1) is 5.92 Å². The number of aliphatic hydroxyl groups is 1. The molecule has 0 radical (unpaired) electrons. The molecule has 3 heterocycles. The summed E-state index contributed by atoms with van der Waals surface area (Å²) in [5.74, 6) is -0.0290. The summed E-state index contributed by atoms with van der Waals surface area (Å²) in [5.41, 5.74) is 4.41. The van der Waals surface area contributed by atoms with E-state index in [1.54, 1.807) is 31.6 Å². The van der Waals surface area contributed by atoms with Crippen molar-refractivity contribution < 1.29 is 24.1 Å². The molecule has 2 N–H and O–H groups in total. The van der Waals surface area contributed by atoms with Crippen LogP contribution < -0.4 is 5.32 Å². The molecule has 0 spiro atoms. The fourth-order valence-electron chi connectivity index (χ4n) is 5.65. The highest BCUT2D eigenvalue weighted by Gasteiger charge is 2.40. The second-order valence-electron chi connectivity index (χ2n) is 10.7. The Morgan fingerprint density at radius 1 is 1.07 bits per heavy atom. The Morgan fingerprint density at radius 2 is 1.82 bits per heavy atom. The zero-order chi connectivity index (χ0) is 27.9. The number of amides is 1. The minimum Gasteiger partial charge on any atom is -0.392 e. The van der Waals surface area contributed by atoms with Crippen molar-refractivity contribution in [3.63, 3.8) is 0 Å². The number of pyridine rings is 1. The molecule has 212 valence electrons. The number of methoxy groups -OCH3 is 1. The molecule has 0 unspecified atom stereocenters. The molecule has 0 saturated carbocycles. The molecule has 0 aliphatic carbocycles. The second-order valence-corrected chi connectivity index (χ2v) is 10.7. The van der Waals surface area contributed by atoms with Crippen LogP contribution in [-0.2, 0) is 27.4 Å². The van der Waals surface area contributed by atoms with E-state index in [9.17, 15) is 9.90 Å². The lowest BCUT2D eigenvalue weighted by atomic mass is 9.90. The van der Waals surface area contributed by atoms with Crippen LogP contribution in [0.15, 0.2) is 73.1 Å². The Bertz CT molecular complexity index is 1220. The number of carbonyl (C=O) groups is 1. The molecule has 8 nitrogen and oxygen atoms in total. The summed E-state index contributed by atoms with van der Waals surface area (Å²) in [7, 11) is 1.76. The summed E-state index contributed by atoms with van der Waals surface area (Å²) in [6, 6.07) is 19.9. The number of ether oxygens (including phenoxy) is 3. The van der Waals surface area contributed by atoms with Gasteiger partial charge in [0, 0.05) is 50.1 Å². The number of nitrogens with one attached hydrogen (secondary N) is 1. The Labute approximate surface area is 236 Å². The normalized spacial score (nSPS) is 25.1. The van der Waals surface area contributed by atoms with Gasteiger partial charge in [-0.05, 0) is 48.2 Å². The van der Waals surface area contributed by atoms with Crippen molar-refractivity contribution in [2.45, 2.75) is 57.5 Å². The lowest BCUT2D eigenvalue weighted by molar-refractivity contribution is -0.276.